The van der Waals surface area contributed by atoms with Crippen molar-refractivity contribution in [3.63, 3.8) is 0 Å². The SMILES string of the molecule is Cc1ccc([S+]([O-])N=Cc2ccc(-c3cccc(OC(F)(F)F)c3)s2)cc1. The van der Waals surface area contributed by atoms with Crippen molar-refractivity contribution in [3.8, 4) is 16.2 Å². The van der Waals surface area contributed by atoms with E-state index < -0.39 is 17.7 Å². The molecule has 0 bridgehead atoms. The van der Waals surface area contributed by atoms with E-state index in [1.165, 1.54) is 35.8 Å². The predicted octanol–water partition coefficient (Wildman–Crippen LogP) is 5.76. The Balaban J connectivity index is 1.73. The smallest absolute Gasteiger partial charge is 0.573 e. The molecule has 3 aromatic rings. The van der Waals surface area contributed by atoms with Gasteiger partial charge in [-0.05, 0) is 48.9 Å². The third-order valence-electron chi connectivity index (χ3n) is 3.48. The number of thiophene rings is 1. The number of aryl methyl sites for hydroxylation is 1. The van der Waals surface area contributed by atoms with Gasteiger partial charge < -0.3 is 9.29 Å². The Labute approximate surface area is 161 Å². The topological polar surface area (TPSA) is 44.7 Å². The lowest BCUT2D eigenvalue weighted by molar-refractivity contribution is -0.274. The highest BCUT2D eigenvalue weighted by atomic mass is 32.2. The second-order valence-corrected chi connectivity index (χ2v) is 7.87. The van der Waals surface area contributed by atoms with E-state index in [0.29, 0.717) is 10.5 Å². The van der Waals surface area contributed by atoms with Crippen LogP contribution in [0.1, 0.15) is 10.4 Å². The first-order valence-electron chi connectivity index (χ1n) is 7.79. The number of benzene rings is 2. The summed E-state index contributed by atoms with van der Waals surface area (Å²) in [6.07, 6.45) is -3.23. The first-order chi connectivity index (χ1) is 12.8. The molecule has 27 heavy (non-hydrogen) atoms. The fraction of sp³-hybridized carbons (Fsp3) is 0.105. The van der Waals surface area contributed by atoms with Crippen molar-refractivity contribution in [1.82, 2.24) is 0 Å². The summed E-state index contributed by atoms with van der Waals surface area (Å²) < 4.78 is 57.2. The van der Waals surface area contributed by atoms with Crippen LogP contribution in [0.3, 0.4) is 0 Å². The first kappa shape index (κ1) is 19.5. The Hall–Kier alpha value is -2.29. The monoisotopic (exact) mass is 409 g/mol. The molecule has 0 amide bonds. The summed E-state index contributed by atoms with van der Waals surface area (Å²) in [5, 5.41) is 0. The molecule has 1 atom stereocenters. The molecule has 0 aliphatic carbocycles. The summed E-state index contributed by atoms with van der Waals surface area (Å²) in [4.78, 5) is 2.10. The highest BCUT2D eigenvalue weighted by Crippen LogP contribution is 2.31. The Morgan fingerprint density at radius 3 is 2.52 bits per heavy atom. The first-order valence-corrected chi connectivity index (χ1v) is 9.71. The van der Waals surface area contributed by atoms with E-state index in [1.54, 1.807) is 30.3 Å². The van der Waals surface area contributed by atoms with Crippen molar-refractivity contribution in [2.24, 2.45) is 4.40 Å². The van der Waals surface area contributed by atoms with E-state index in [4.69, 9.17) is 0 Å². The standard InChI is InChI=1S/C19H14F3NO2S2/c1-13-5-8-17(9-6-13)27(24)23-12-16-7-10-18(26-16)14-3-2-4-15(11-14)25-19(20,21)22/h2-12H,1H3. The van der Waals surface area contributed by atoms with Crippen LogP contribution in [0.25, 0.3) is 10.4 Å². The van der Waals surface area contributed by atoms with Gasteiger partial charge in [0.25, 0.3) is 0 Å². The fourth-order valence-electron chi connectivity index (χ4n) is 2.24. The van der Waals surface area contributed by atoms with E-state index in [2.05, 4.69) is 9.13 Å². The normalized spacial score (nSPS) is 13.1. The van der Waals surface area contributed by atoms with E-state index in [9.17, 15) is 17.7 Å². The van der Waals surface area contributed by atoms with Crippen LogP contribution in [0, 0.1) is 6.92 Å². The van der Waals surface area contributed by atoms with Gasteiger partial charge in [0.05, 0.1) is 11.1 Å². The van der Waals surface area contributed by atoms with Gasteiger partial charge in [-0.1, -0.05) is 34.2 Å². The minimum absolute atomic E-state index is 0.274. The van der Waals surface area contributed by atoms with Gasteiger partial charge in [-0.15, -0.1) is 24.5 Å². The molecule has 2 aromatic carbocycles. The lowest BCUT2D eigenvalue weighted by Crippen LogP contribution is -2.17. The maximum Gasteiger partial charge on any atom is 0.573 e. The number of alkyl halides is 3. The van der Waals surface area contributed by atoms with Crippen molar-refractivity contribution in [2.45, 2.75) is 18.2 Å². The van der Waals surface area contributed by atoms with Crippen LogP contribution in [0.15, 0.2) is 70.0 Å². The van der Waals surface area contributed by atoms with Gasteiger partial charge in [0.1, 0.15) is 17.1 Å². The lowest BCUT2D eigenvalue weighted by atomic mass is 10.2. The van der Waals surface area contributed by atoms with Gasteiger partial charge in [0.2, 0.25) is 0 Å². The summed E-state index contributed by atoms with van der Waals surface area (Å²) in [5.74, 6) is -0.274. The van der Waals surface area contributed by atoms with Crippen molar-refractivity contribution >= 4 is 28.9 Å². The van der Waals surface area contributed by atoms with Crippen LogP contribution in [0.5, 0.6) is 5.75 Å². The molecule has 8 heteroatoms. The summed E-state index contributed by atoms with van der Waals surface area (Å²) in [5.41, 5.74) is 1.67. The summed E-state index contributed by atoms with van der Waals surface area (Å²) in [7, 11) is 0. The van der Waals surface area contributed by atoms with Crippen LogP contribution >= 0.6 is 11.3 Å². The van der Waals surface area contributed by atoms with Crippen LogP contribution in [-0.2, 0) is 11.4 Å². The van der Waals surface area contributed by atoms with E-state index in [1.807, 2.05) is 19.1 Å². The molecule has 0 saturated heterocycles. The van der Waals surface area contributed by atoms with E-state index in [0.717, 1.165) is 15.3 Å². The van der Waals surface area contributed by atoms with E-state index in [-0.39, 0.29) is 5.75 Å². The van der Waals surface area contributed by atoms with Crippen LogP contribution in [0.4, 0.5) is 13.2 Å². The maximum absolute atomic E-state index is 12.4. The second kappa shape index (κ2) is 8.16. The van der Waals surface area contributed by atoms with Crippen LogP contribution in [0.2, 0.25) is 0 Å². The number of rotatable bonds is 5. The van der Waals surface area contributed by atoms with Crippen LogP contribution < -0.4 is 4.74 Å². The number of nitrogens with zero attached hydrogens (tertiary/aromatic N) is 1. The van der Waals surface area contributed by atoms with Gasteiger partial charge in [-0.25, -0.2) is 0 Å². The number of hydrogen-bond donors (Lipinski definition) is 0. The minimum Gasteiger partial charge on any atom is -0.586 e. The Morgan fingerprint density at radius 2 is 1.81 bits per heavy atom. The Morgan fingerprint density at radius 1 is 1.07 bits per heavy atom. The van der Waals surface area contributed by atoms with Gasteiger partial charge in [-0.2, -0.15) is 0 Å². The molecule has 3 rings (SSSR count). The van der Waals surface area contributed by atoms with Gasteiger partial charge >= 0.3 is 6.36 Å². The molecule has 0 saturated carbocycles. The molecule has 0 N–H and O–H groups in total. The molecule has 0 radical (unpaired) electrons. The summed E-state index contributed by atoms with van der Waals surface area (Å²) >= 11 is -0.180. The fourth-order valence-corrected chi connectivity index (χ4v) is 3.88. The van der Waals surface area contributed by atoms with Crippen molar-refractivity contribution in [2.75, 3.05) is 0 Å². The molecule has 1 aromatic heterocycles. The second-order valence-electron chi connectivity index (χ2n) is 5.57. The third-order valence-corrected chi connectivity index (χ3v) is 5.52. The highest BCUT2D eigenvalue weighted by Gasteiger charge is 2.31. The average molecular weight is 409 g/mol. The van der Waals surface area contributed by atoms with Crippen molar-refractivity contribution in [1.29, 1.82) is 0 Å². The zero-order valence-electron chi connectivity index (χ0n) is 14.1. The molecule has 1 unspecified atom stereocenters. The van der Waals surface area contributed by atoms with E-state index >= 15 is 0 Å². The zero-order chi connectivity index (χ0) is 19.4. The van der Waals surface area contributed by atoms with Crippen LogP contribution in [-0.4, -0.2) is 17.1 Å². The number of ether oxygens (including phenoxy) is 1. The molecular weight excluding hydrogens is 395 g/mol. The van der Waals surface area contributed by atoms with Gasteiger partial charge in [0, 0.05) is 4.88 Å². The quantitative estimate of drug-likeness (QED) is 0.397. The molecule has 0 spiro atoms. The molecule has 1 heterocycles. The lowest BCUT2D eigenvalue weighted by Gasteiger charge is -2.09. The molecule has 0 aliphatic rings. The van der Waals surface area contributed by atoms with Crippen molar-refractivity contribution < 1.29 is 22.5 Å². The molecule has 140 valence electrons. The van der Waals surface area contributed by atoms with Gasteiger partial charge in [-0.3, -0.25) is 0 Å². The highest BCUT2D eigenvalue weighted by molar-refractivity contribution is 7.90. The summed E-state index contributed by atoms with van der Waals surface area (Å²) in [6, 6.07) is 16.5. The minimum atomic E-state index is -4.73. The zero-order valence-corrected chi connectivity index (χ0v) is 15.7. The van der Waals surface area contributed by atoms with Gasteiger partial charge in [0.15, 0.2) is 4.90 Å². The maximum atomic E-state index is 12.4. The molecule has 3 nitrogen and oxygen atoms in total. The molecular formula is C19H14F3NO2S2. The molecule has 0 fully saturated rings. The molecule has 0 aliphatic heterocycles. The Bertz CT molecular complexity index is 937. The van der Waals surface area contributed by atoms with Crippen molar-refractivity contribution in [3.05, 3.63) is 71.1 Å². The summed E-state index contributed by atoms with van der Waals surface area (Å²) in [6.45, 7) is 1.94. The average Bonchev–Trinajstić information content (AvgIpc) is 3.08. The predicted molar refractivity (Wildman–Crippen MR) is 102 cm³/mol. The Kier molecular flexibility index (Phi) is 5.88. The number of halogens is 3. The largest absolute Gasteiger partial charge is 0.586 e. The third kappa shape index (κ3) is 5.59. The number of hydrogen-bond acceptors (Lipinski definition) is 4.